The molecule has 1 saturated heterocycles. The first-order chi connectivity index (χ1) is 16.4. The molecule has 2 N–H and O–H groups in total. The molecule has 1 aliphatic heterocycles. The average molecular weight is 458 g/mol. The molecule has 0 aliphatic carbocycles. The van der Waals surface area contributed by atoms with E-state index in [9.17, 15) is 9.18 Å². The molecular formula is C25H20F2N6O. The zero-order valence-electron chi connectivity index (χ0n) is 18.3. The van der Waals surface area contributed by atoms with Crippen molar-refractivity contribution in [2.24, 2.45) is 12.8 Å². The fourth-order valence-electron chi connectivity index (χ4n) is 4.34. The summed E-state index contributed by atoms with van der Waals surface area (Å²) in [5.41, 5.74) is 8.85. The highest BCUT2D eigenvalue weighted by Crippen LogP contribution is 2.37. The van der Waals surface area contributed by atoms with Crippen molar-refractivity contribution < 1.29 is 13.6 Å². The predicted molar refractivity (Wildman–Crippen MR) is 123 cm³/mol. The molecule has 1 fully saturated rings. The molecule has 0 unspecified atom stereocenters. The minimum atomic E-state index is -0.696. The summed E-state index contributed by atoms with van der Waals surface area (Å²) in [7, 11) is 1.67. The van der Waals surface area contributed by atoms with Crippen LogP contribution in [0.25, 0.3) is 33.3 Å². The molecule has 1 atom stereocenters. The summed E-state index contributed by atoms with van der Waals surface area (Å²) in [5.74, 6) is -1.39. The molecule has 9 heteroatoms. The monoisotopic (exact) mass is 458 g/mol. The first-order valence-electron chi connectivity index (χ1n) is 10.7. The minimum absolute atomic E-state index is 0.0666. The summed E-state index contributed by atoms with van der Waals surface area (Å²) in [6, 6.07) is 13.7. The van der Waals surface area contributed by atoms with E-state index < -0.39 is 11.6 Å². The van der Waals surface area contributed by atoms with E-state index in [1.807, 2.05) is 0 Å². The molecule has 0 saturated carbocycles. The molecule has 4 aromatic rings. The lowest BCUT2D eigenvalue weighted by Gasteiger charge is -2.18. The number of rotatable bonds is 3. The lowest BCUT2D eigenvalue weighted by Crippen LogP contribution is -2.31. The van der Waals surface area contributed by atoms with E-state index in [-0.39, 0.29) is 23.1 Å². The highest BCUT2D eigenvalue weighted by molar-refractivity contribution is 5.98. The van der Waals surface area contributed by atoms with E-state index in [2.05, 4.69) is 10.3 Å². The molecule has 0 bridgehead atoms. The van der Waals surface area contributed by atoms with Crippen molar-refractivity contribution in [3.63, 3.8) is 0 Å². The molecule has 170 valence electrons. The molecule has 0 spiro atoms. The van der Waals surface area contributed by atoms with Crippen molar-refractivity contribution in [1.82, 2.24) is 19.9 Å². The molecule has 5 rings (SSSR count). The fraction of sp³-hybridized carbons (Fsp3) is 0.200. The van der Waals surface area contributed by atoms with Gasteiger partial charge in [-0.25, -0.2) is 13.5 Å². The smallest absolute Gasteiger partial charge is 0.253 e. The summed E-state index contributed by atoms with van der Waals surface area (Å²) in [6.45, 7) is 1.01. The molecule has 1 amide bonds. The third-order valence-corrected chi connectivity index (χ3v) is 6.17. The second-order valence-corrected chi connectivity index (χ2v) is 8.40. The van der Waals surface area contributed by atoms with Crippen molar-refractivity contribution in [3.8, 4) is 28.3 Å². The van der Waals surface area contributed by atoms with Crippen LogP contribution < -0.4 is 5.73 Å². The summed E-state index contributed by atoms with van der Waals surface area (Å²) in [4.78, 5) is 14.8. The summed E-state index contributed by atoms with van der Waals surface area (Å²) >= 11 is 0. The van der Waals surface area contributed by atoms with Gasteiger partial charge in [0.1, 0.15) is 23.2 Å². The number of halogens is 2. The quantitative estimate of drug-likeness (QED) is 0.505. The number of aromatic nitrogens is 3. The molecule has 1 aromatic heterocycles. The van der Waals surface area contributed by atoms with Crippen LogP contribution in [-0.2, 0) is 7.05 Å². The lowest BCUT2D eigenvalue weighted by atomic mass is 9.91. The number of benzene rings is 3. The number of carbonyl (C=O) groups is 1. The highest BCUT2D eigenvalue weighted by atomic mass is 19.1. The molecule has 34 heavy (non-hydrogen) atoms. The molecule has 0 radical (unpaired) electrons. The van der Waals surface area contributed by atoms with E-state index in [0.29, 0.717) is 46.4 Å². The van der Waals surface area contributed by atoms with Crippen LogP contribution in [0.4, 0.5) is 8.78 Å². The van der Waals surface area contributed by atoms with Crippen LogP contribution in [0.1, 0.15) is 22.3 Å². The largest absolute Gasteiger partial charge is 0.337 e. The number of amides is 1. The molecular weight excluding hydrogens is 438 g/mol. The Morgan fingerprint density at radius 3 is 2.62 bits per heavy atom. The Morgan fingerprint density at radius 1 is 1.09 bits per heavy atom. The Bertz CT molecular complexity index is 1490. The number of nitrogens with zero attached hydrogens (tertiary/aromatic N) is 5. The Balaban J connectivity index is 1.69. The Morgan fingerprint density at radius 2 is 1.91 bits per heavy atom. The van der Waals surface area contributed by atoms with Crippen molar-refractivity contribution in [3.05, 3.63) is 71.3 Å². The van der Waals surface area contributed by atoms with Crippen LogP contribution in [0.15, 0.2) is 48.5 Å². The zero-order valence-corrected chi connectivity index (χ0v) is 18.3. The normalized spacial score (nSPS) is 15.6. The number of nitrogens with two attached hydrogens (primary N) is 1. The van der Waals surface area contributed by atoms with Gasteiger partial charge in [-0.2, -0.15) is 5.26 Å². The van der Waals surface area contributed by atoms with Gasteiger partial charge in [-0.1, -0.05) is 17.3 Å². The van der Waals surface area contributed by atoms with Gasteiger partial charge in [0.2, 0.25) is 0 Å². The minimum Gasteiger partial charge on any atom is -0.337 e. The number of likely N-dealkylation sites (tertiary alicyclic amines) is 1. The van der Waals surface area contributed by atoms with Crippen molar-refractivity contribution >= 4 is 16.9 Å². The van der Waals surface area contributed by atoms with Gasteiger partial charge >= 0.3 is 0 Å². The van der Waals surface area contributed by atoms with Crippen LogP contribution in [0.3, 0.4) is 0 Å². The standard InChI is InChI=1S/C25H20F2N6O/c1-32-24-11-22(27)20(10-23(24)30-31-32)18-5-4-15(25(34)33-7-6-17(29)13-33)8-19(18)14-2-3-16(12-28)21(26)9-14/h2-5,8-11,17H,6-7,13,29H2,1H3/t17-/m0/s1. The van der Waals surface area contributed by atoms with Gasteiger partial charge in [0.25, 0.3) is 5.91 Å². The van der Waals surface area contributed by atoms with Crippen molar-refractivity contribution in [1.29, 1.82) is 5.26 Å². The van der Waals surface area contributed by atoms with Gasteiger partial charge in [0, 0.05) is 43.4 Å². The number of nitriles is 1. The summed E-state index contributed by atoms with van der Waals surface area (Å²) in [6.07, 6.45) is 0.723. The Kier molecular flexibility index (Phi) is 5.30. The second kappa shape index (κ2) is 8.32. The Labute approximate surface area is 194 Å². The third-order valence-electron chi connectivity index (χ3n) is 6.17. The van der Waals surface area contributed by atoms with Crippen LogP contribution in [0.5, 0.6) is 0 Å². The summed E-state index contributed by atoms with van der Waals surface area (Å²) in [5, 5.41) is 17.1. The van der Waals surface area contributed by atoms with Crippen LogP contribution in [0, 0.1) is 23.0 Å². The van der Waals surface area contributed by atoms with E-state index in [1.54, 1.807) is 48.3 Å². The lowest BCUT2D eigenvalue weighted by molar-refractivity contribution is 0.0791. The first kappa shape index (κ1) is 21.7. The number of hydrogen-bond donors (Lipinski definition) is 1. The van der Waals surface area contributed by atoms with E-state index in [1.165, 1.54) is 22.9 Å². The van der Waals surface area contributed by atoms with Crippen molar-refractivity contribution in [2.45, 2.75) is 12.5 Å². The van der Waals surface area contributed by atoms with E-state index in [0.717, 1.165) is 6.42 Å². The topological polar surface area (TPSA) is 101 Å². The molecule has 2 heterocycles. The van der Waals surface area contributed by atoms with Crippen molar-refractivity contribution in [2.75, 3.05) is 13.1 Å². The first-order valence-corrected chi connectivity index (χ1v) is 10.7. The fourth-order valence-corrected chi connectivity index (χ4v) is 4.34. The van der Waals surface area contributed by atoms with Gasteiger partial charge < -0.3 is 10.6 Å². The van der Waals surface area contributed by atoms with Crippen LogP contribution in [-0.4, -0.2) is 44.9 Å². The maximum absolute atomic E-state index is 15.2. The number of aryl methyl sites for hydroxylation is 1. The maximum Gasteiger partial charge on any atom is 0.253 e. The van der Waals surface area contributed by atoms with Crippen LogP contribution in [0.2, 0.25) is 0 Å². The summed E-state index contributed by atoms with van der Waals surface area (Å²) < 4.78 is 31.2. The number of fused-ring (bicyclic) bond motifs is 1. The maximum atomic E-state index is 15.2. The molecule has 1 aliphatic rings. The van der Waals surface area contributed by atoms with Gasteiger partial charge in [-0.05, 0) is 53.4 Å². The van der Waals surface area contributed by atoms with Gasteiger partial charge in [0.05, 0.1) is 11.1 Å². The van der Waals surface area contributed by atoms with Gasteiger partial charge in [-0.15, -0.1) is 5.10 Å². The number of hydrogen-bond acceptors (Lipinski definition) is 5. The molecule has 7 nitrogen and oxygen atoms in total. The third kappa shape index (κ3) is 3.68. The average Bonchev–Trinajstić information content (AvgIpc) is 3.43. The molecule has 3 aromatic carbocycles. The van der Waals surface area contributed by atoms with Gasteiger partial charge in [0.15, 0.2) is 0 Å². The SMILES string of the molecule is Cn1nnc2cc(-c3ccc(C(=O)N4CC[C@H](N)C4)cc3-c3ccc(C#N)c(F)c3)c(F)cc21. The Hall–Kier alpha value is -4.16. The highest BCUT2D eigenvalue weighted by Gasteiger charge is 2.26. The van der Waals surface area contributed by atoms with E-state index >= 15 is 4.39 Å². The zero-order chi connectivity index (χ0) is 24.0. The van der Waals surface area contributed by atoms with E-state index in [4.69, 9.17) is 11.0 Å². The van der Waals surface area contributed by atoms with Crippen LogP contribution >= 0.6 is 0 Å². The number of carbonyl (C=O) groups excluding carboxylic acids is 1. The predicted octanol–water partition coefficient (Wildman–Crippen LogP) is 3.63. The second-order valence-electron chi connectivity index (χ2n) is 8.40. The van der Waals surface area contributed by atoms with Gasteiger partial charge in [-0.3, -0.25) is 4.79 Å².